The Bertz CT molecular complexity index is 1450. The van der Waals surface area contributed by atoms with Crippen molar-refractivity contribution in [3.8, 4) is 5.75 Å². The predicted octanol–water partition coefficient (Wildman–Crippen LogP) is 5.40. The smallest absolute Gasteiger partial charge is 0.335 e. The van der Waals surface area contributed by atoms with Crippen LogP contribution in [0.15, 0.2) is 70.7 Å². The first kappa shape index (κ1) is 26.1. The molecule has 5 amide bonds. The van der Waals surface area contributed by atoms with Gasteiger partial charge in [-0.3, -0.25) is 19.7 Å². The standard InChI is InChI=1S/C27H21BrClN3O5/c1-15-6-9-19(10-7-15)30-24(33)14-37-23-11-8-18(28)12-17(23)13-20-25(34)31-27(36)32(26(20)35)22-5-3-4-21(29)16(22)2/h3-13H,14H2,1-2H3,(H,30,33)(H,31,34,36)/b20-13+. The van der Waals surface area contributed by atoms with Gasteiger partial charge in [0.15, 0.2) is 6.61 Å². The van der Waals surface area contributed by atoms with Crippen LogP contribution in [0.25, 0.3) is 6.08 Å². The van der Waals surface area contributed by atoms with Crippen molar-refractivity contribution in [2.24, 2.45) is 0 Å². The van der Waals surface area contributed by atoms with E-state index in [0.717, 1.165) is 10.5 Å². The number of benzene rings is 3. The summed E-state index contributed by atoms with van der Waals surface area (Å²) in [6.45, 7) is 3.30. The molecular formula is C27H21BrClN3O5. The van der Waals surface area contributed by atoms with Crippen LogP contribution in [-0.2, 0) is 14.4 Å². The normalized spacial score (nSPS) is 14.5. The first-order valence-corrected chi connectivity index (χ1v) is 12.3. The van der Waals surface area contributed by atoms with E-state index in [4.69, 9.17) is 16.3 Å². The number of imide groups is 2. The average Bonchev–Trinajstić information content (AvgIpc) is 2.85. The van der Waals surface area contributed by atoms with Crippen molar-refractivity contribution in [2.45, 2.75) is 13.8 Å². The molecule has 0 saturated carbocycles. The summed E-state index contributed by atoms with van der Waals surface area (Å²) in [5.41, 5.74) is 2.52. The second-order valence-corrected chi connectivity index (χ2v) is 9.55. The van der Waals surface area contributed by atoms with E-state index in [1.165, 1.54) is 6.08 Å². The van der Waals surface area contributed by atoms with Gasteiger partial charge in [-0.2, -0.15) is 0 Å². The Morgan fingerprint density at radius 3 is 2.54 bits per heavy atom. The Hall–Kier alpha value is -3.95. The number of rotatable bonds is 6. The van der Waals surface area contributed by atoms with Crippen molar-refractivity contribution < 1.29 is 23.9 Å². The van der Waals surface area contributed by atoms with Gasteiger partial charge in [-0.15, -0.1) is 0 Å². The molecule has 2 N–H and O–H groups in total. The Morgan fingerprint density at radius 1 is 1.08 bits per heavy atom. The molecule has 1 fully saturated rings. The Balaban J connectivity index is 1.60. The molecule has 37 heavy (non-hydrogen) atoms. The second-order valence-electron chi connectivity index (χ2n) is 8.23. The minimum Gasteiger partial charge on any atom is -0.483 e. The predicted molar refractivity (Wildman–Crippen MR) is 145 cm³/mol. The molecule has 0 radical (unpaired) electrons. The maximum absolute atomic E-state index is 13.3. The topological polar surface area (TPSA) is 105 Å². The first-order valence-electron chi connectivity index (χ1n) is 11.1. The van der Waals surface area contributed by atoms with E-state index in [1.807, 2.05) is 19.1 Å². The number of anilines is 2. The minimum absolute atomic E-state index is 0.256. The summed E-state index contributed by atoms with van der Waals surface area (Å²) in [6, 6.07) is 16.2. The number of nitrogens with one attached hydrogen (secondary N) is 2. The molecular weight excluding hydrogens is 562 g/mol. The molecule has 3 aromatic rings. The van der Waals surface area contributed by atoms with Gasteiger partial charge in [0.05, 0.1) is 5.69 Å². The first-order chi connectivity index (χ1) is 17.6. The number of hydrogen-bond donors (Lipinski definition) is 2. The number of carbonyl (C=O) groups excluding carboxylic acids is 4. The van der Waals surface area contributed by atoms with Gasteiger partial charge in [-0.1, -0.05) is 51.3 Å². The van der Waals surface area contributed by atoms with Crippen LogP contribution >= 0.6 is 27.5 Å². The Kier molecular flexibility index (Phi) is 7.75. The van der Waals surface area contributed by atoms with Gasteiger partial charge >= 0.3 is 6.03 Å². The lowest BCUT2D eigenvalue weighted by atomic mass is 10.0. The Morgan fingerprint density at radius 2 is 1.81 bits per heavy atom. The highest BCUT2D eigenvalue weighted by atomic mass is 79.9. The van der Waals surface area contributed by atoms with Crippen LogP contribution in [-0.4, -0.2) is 30.4 Å². The fourth-order valence-corrected chi connectivity index (χ4v) is 4.16. The van der Waals surface area contributed by atoms with Crippen LogP contribution in [0.2, 0.25) is 5.02 Å². The van der Waals surface area contributed by atoms with Gasteiger partial charge < -0.3 is 10.1 Å². The van der Waals surface area contributed by atoms with Crippen molar-refractivity contribution in [2.75, 3.05) is 16.8 Å². The maximum Gasteiger partial charge on any atom is 0.335 e. The molecule has 0 bridgehead atoms. The van der Waals surface area contributed by atoms with Gasteiger partial charge in [0, 0.05) is 20.7 Å². The molecule has 0 aliphatic carbocycles. The monoisotopic (exact) mass is 581 g/mol. The largest absolute Gasteiger partial charge is 0.483 e. The fraction of sp³-hybridized carbons (Fsp3) is 0.111. The lowest BCUT2D eigenvalue weighted by Gasteiger charge is -2.27. The average molecular weight is 583 g/mol. The fourth-order valence-electron chi connectivity index (χ4n) is 3.61. The molecule has 1 heterocycles. The summed E-state index contributed by atoms with van der Waals surface area (Å²) in [5, 5.41) is 5.30. The summed E-state index contributed by atoms with van der Waals surface area (Å²) >= 11 is 9.54. The zero-order valence-corrected chi connectivity index (χ0v) is 22.1. The van der Waals surface area contributed by atoms with Crippen molar-refractivity contribution in [3.05, 3.63) is 92.4 Å². The van der Waals surface area contributed by atoms with Gasteiger partial charge in [0.25, 0.3) is 17.7 Å². The quantitative estimate of drug-likeness (QED) is 0.299. The molecule has 188 valence electrons. The summed E-state index contributed by atoms with van der Waals surface area (Å²) in [7, 11) is 0. The highest BCUT2D eigenvalue weighted by Crippen LogP contribution is 2.31. The lowest BCUT2D eigenvalue weighted by Crippen LogP contribution is -2.54. The summed E-state index contributed by atoms with van der Waals surface area (Å²) in [4.78, 5) is 51.8. The molecule has 0 aromatic heterocycles. The number of nitrogens with zero attached hydrogens (tertiary/aromatic N) is 1. The lowest BCUT2D eigenvalue weighted by molar-refractivity contribution is -0.122. The van der Waals surface area contributed by atoms with E-state index in [-0.39, 0.29) is 29.5 Å². The maximum atomic E-state index is 13.3. The van der Waals surface area contributed by atoms with E-state index in [9.17, 15) is 19.2 Å². The molecule has 1 saturated heterocycles. The third-order valence-corrected chi connectivity index (χ3v) is 6.45. The van der Waals surface area contributed by atoms with E-state index in [1.54, 1.807) is 55.5 Å². The molecule has 1 aliphatic heterocycles. The number of carbonyl (C=O) groups is 4. The SMILES string of the molecule is Cc1ccc(NC(=O)COc2ccc(Br)cc2/C=C2\C(=O)NC(=O)N(c3cccc(Cl)c3C)C2=O)cc1. The number of hydrogen-bond acceptors (Lipinski definition) is 5. The number of barbiturate groups is 1. The summed E-state index contributed by atoms with van der Waals surface area (Å²) < 4.78 is 6.36. The molecule has 4 rings (SSSR count). The number of aryl methyl sites for hydroxylation is 1. The summed E-state index contributed by atoms with van der Waals surface area (Å²) in [6.07, 6.45) is 1.31. The highest BCUT2D eigenvalue weighted by Gasteiger charge is 2.37. The van der Waals surface area contributed by atoms with Gasteiger partial charge in [0.2, 0.25) is 0 Å². The third-order valence-electron chi connectivity index (χ3n) is 5.55. The van der Waals surface area contributed by atoms with Crippen LogP contribution in [0.4, 0.5) is 16.2 Å². The summed E-state index contributed by atoms with van der Waals surface area (Å²) in [5.74, 6) is -1.79. The van der Waals surface area contributed by atoms with Crippen molar-refractivity contribution >= 4 is 68.7 Å². The van der Waals surface area contributed by atoms with Crippen LogP contribution < -0.4 is 20.3 Å². The number of ether oxygens (including phenoxy) is 1. The van der Waals surface area contributed by atoms with Crippen molar-refractivity contribution in [1.82, 2.24) is 5.32 Å². The number of amides is 5. The third kappa shape index (κ3) is 5.90. The van der Waals surface area contributed by atoms with Crippen LogP contribution in [0.5, 0.6) is 5.75 Å². The van der Waals surface area contributed by atoms with Gasteiger partial charge in [-0.05, 0) is 68.0 Å². The molecule has 0 spiro atoms. The van der Waals surface area contributed by atoms with Crippen molar-refractivity contribution in [3.63, 3.8) is 0 Å². The van der Waals surface area contributed by atoms with Gasteiger partial charge in [0.1, 0.15) is 11.3 Å². The van der Waals surface area contributed by atoms with E-state index < -0.39 is 17.8 Å². The molecule has 8 nitrogen and oxygen atoms in total. The van der Waals surface area contributed by atoms with E-state index in [2.05, 4.69) is 26.6 Å². The van der Waals surface area contributed by atoms with Crippen LogP contribution in [0.3, 0.4) is 0 Å². The van der Waals surface area contributed by atoms with E-state index in [0.29, 0.717) is 26.3 Å². The van der Waals surface area contributed by atoms with E-state index >= 15 is 0 Å². The second kappa shape index (κ2) is 11.0. The Labute approximate surface area is 226 Å². The molecule has 1 aliphatic rings. The molecule has 0 atom stereocenters. The number of halogens is 2. The molecule has 10 heteroatoms. The zero-order valence-electron chi connectivity index (χ0n) is 19.8. The van der Waals surface area contributed by atoms with Crippen molar-refractivity contribution in [1.29, 1.82) is 0 Å². The molecule has 0 unspecified atom stereocenters. The van der Waals surface area contributed by atoms with Gasteiger partial charge in [-0.25, -0.2) is 9.69 Å². The molecule has 3 aromatic carbocycles. The minimum atomic E-state index is -0.879. The van der Waals surface area contributed by atoms with Crippen LogP contribution in [0, 0.1) is 13.8 Å². The van der Waals surface area contributed by atoms with Crippen LogP contribution in [0.1, 0.15) is 16.7 Å². The zero-order chi connectivity index (χ0) is 26.7. The highest BCUT2D eigenvalue weighted by molar-refractivity contribution is 9.10. The number of urea groups is 1.